The zero-order valence-corrected chi connectivity index (χ0v) is 6.02. The fourth-order valence-electron chi connectivity index (χ4n) is 0.986. The van der Waals surface area contributed by atoms with Gasteiger partial charge in [-0.2, -0.15) is 0 Å². The Morgan fingerprint density at radius 3 is 2.89 bits per heavy atom. The van der Waals surface area contributed by atoms with E-state index in [1.807, 2.05) is 0 Å². The smallest absolute Gasteiger partial charge is 0.114 e. The summed E-state index contributed by atoms with van der Waals surface area (Å²) in [6.07, 6.45) is 1.03. The first kappa shape index (κ1) is 6.55. The third-order valence-corrected chi connectivity index (χ3v) is 1.47. The van der Waals surface area contributed by atoms with Crippen LogP contribution in [0, 0.1) is 0 Å². The van der Waals surface area contributed by atoms with Crippen LogP contribution in [0.15, 0.2) is 4.99 Å². The molecule has 0 saturated heterocycles. The topological polar surface area (TPSA) is 27.6 Å². The third-order valence-electron chi connectivity index (χ3n) is 1.47. The molecule has 0 atom stereocenters. The van der Waals surface area contributed by atoms with E-state index in [1.165, 1.54) is 5.84 Å². The maximum absolute atomic E-state index is 4.24. The molecule has 3 nitrogen and oxygen atoms in total. The highest BCUT2D eigenvalue weighted by Gasteiger charge is 2.10. The second-order valence-electron chi connectivity index (χ2n) is 1.99. The van der Waals surface area contributed by atoms with Gasteiger partial charge in [0.2, 0.25) is 0 Å². The number of hydrogen-bond donors (Lipinski definition) is 1. The Morgan fingerprint density at radius 2 is 2.44 bits per heavy atom. The van der Waals surface area contributed by atoms with Gasteiger partial charge in [0.1, 0.15) is 12.5 Å². The lowest BCUT2D eigenvalue weighted by Crippen LogP contribution is -2.36. The predicted octanol–water partition coefficient (Wildman–Crippen LogP) is 0.592. The van der Waals surface area contributed by atoms with Gasteiger partial charge in [0.15, 0.2) is 0 Å². The molecule has 1 aliphatic rings. The van der Waals surface area contributed by atoms with E-state index in [2.05, 4.69) is 29.3 Å². The van der Waals surface area contributed by atoms with Crippen LogP contribution < -0.4 is 5.43 Å². The molecule has 1 rings (SSSR count). The molecule has 0 aliphatic carbocycles. The van der Waals surface area contributed by atoms with Gasteiger partial charge >= 0.3 is 0 Å². The minimum Gasteiger partial charge on any atom is -0.295 e. The first-order valence-corrected chi connectivity index (χ1v) is 3.42. The Labute approximate surface area is 55.7 Å². The van der Waals surface area contributed by atoms with Crippen molar-refractivity contribution in [1.29, 1.82) is 0 Å². The molecule has 1 heterocycles. The minimum absolute atomic E-state index is 0.761. The summed E-state index contributed by atoms with van der Waals surface area (Å²) in [4.78, 5) is 4.24. The van der Waals surface area contributed by atoms with E-state index in [-0.39, 0.29) is 0 Å². The molecule has 1 N–H and O–H groups in total. The molecular weight excluding hydrogens is 114 g/mol. The number of nitrogens with one attached hydrogen (secondary N) is 1. The average Bonchev–Trinajstić information content (AvgIpc) is 2.33. The number of nitrogens with zero attached hydrogens (tertiary/aromatic N) is 2. The molecule has 0 saturated carbocycles. The highest BCUT2D eigenvalue weighted by atomic mass is 15.6. The van der Waals surface area contributed by atoms with Crippen molar-refractivity contribution in [3.63, 3.8) is 0 Å². The number of aliphatic imine (C=N–C) groups is 1. The largest absolute Gasteiger partial charge is 0.295 e. The standard InChI is InChI=1S/C6H13N3/c1-3-6-7-5-8-9(6)4-2/h8H,3-5H2,1-2H3. The molecule has 0 spiro atoms. The zero-order chi connectivity index (χ0) is 6.69. The van der Waals surface area contributed by atoms with E-state index < -0.39 is 0 Å². The van der Waals surface area contributed by atoms with Crippen LogP contribution >= 0.6 is 0 Å². The van der Waals surface area contributed by atoms with Crippen LogP contribution in [0.2, 0.25) is 0 Å². The van der Waals surface area contributed by atoms with Crippen LogP contribution in [0.5, 0.6) is 0 Å². The second-order valence-corrected chi connectivity index (χ2v) is 1.99. The lowest BCUT2D eigenvalue weighted by Gasteiger charge is -2.15. The summed E-state index contributed by atoms with van der Waals surface area (Å²) in [6, 6.07) is 0. The quantitative estimate of drug-likeness (QED) is 0.588. The zero-order valence-electron chi connectivity index (χ0n) is 6.02. The first-order valence-electron chi connectivity index (χ1n) is 3.42. The maximum atomic E-state index is 4.24. The van der Waals surface area contributed by atoms with Crippen LogP contribution in [-0.2, 0) is 0 Å². The van der Waals surface area contributed by atoms with Crippen LogP contribution in [-0.4, -0.2) is 24.1 Å². The van der Waals surface area contributed by atoms with Crippen molar-refractivity contribution in [2.24, 2.45) is 4.99 Å². The van der Waals surface area contributed by atoms with Crippen LogP contribution in [0.4, 0.5) is 0 Å². The fraction of sp³-hybridized carbons (Fsp3) is 0.833. The van der Waals surface area contributed by atoms with Gasteiger partial charge in [0.05, 0.1) is 0 Å². The van der Waals surface area contributed by atoms with Crippen molar-refractivity contribution in [3.8, 4) is 0 Å². The lowest BCUT2D eigenvalue weighted by molar-refractivity contribution is 0.354. The van der Waals surface area contributed by atoms with E-state index in [0.29, 0.717) is 0 Å². The first-order chi connectivity index (χ1) is 4.38. The van der Waals surface area contributed by atoms with Gasteiger partial charge < -0.3 is 0 Å². The number of amidine groups is 1. The van der Waals surface area contributed by atoms with Gasteiger partial charge in [0, 0.05) is 13.0 Å². The summed E-state index contributed by atoms with van der Waals surface area (Å²) < 4.78 is 0. The van der Waals surface area contributed by atoms with E-state index in [9.17, 15) is 0 Å². The Bertz CT molecular complexity index is 119. The van der Waals surface area contributed by atoms with E-state index in [1.54, 1.807) is 0 Å². The molecule has 0 bridgehead atoms. The van der Waals surface area contributed by atoms with E-state index in [0.717, 1.165) is 19.6 Å². The van der Waals surface area contributed by atoms with Crippen molar-refractivity contribution in [2.75, 3.05) is 13.2 Å². The van der Waals surface area contributed by atoms with Gasteiger partial charge in [-0.3, -0.25) is 10.0 Å². The van der Waals surface area contributed by atoms with Gasteiger partial charge in [0.25, 0.3) is 0 Å². The van der Waals surface area contributed by atoms with Crippen molar-refractivity contribution in [3.05, 3.63) is 0 Å². The van der Waals surface area contributed by atoms with E-state index >= 15 is 0 Å². The molecule has 0 unspecified atom stereocenters. The maximum Gasteiger partial charge on any atom is 0.114 e. The Kier molecular flexibility index (Phi) is 2.05. The van der Waals surface area contributed by atoms with Crippen molar-refractivity contribution in [2.45, 2.75) is 20.3 Å². The van der Waals surface area contributed by atoms with Crippen molar-refractivity contribution in [1.82, 2.24) is 10.4 Å². The molecule has 0 aromatic heterocycles. The molecule has 52 valence electrons. The molecule has 0 fully saturated rings. The highest BCUT2D eigenvalue weighted by molar-refractivity contribution is 5.82. The summed E-state index contributed by atoms with van der Waals surface area (Å²) in [7, 11) is 0. The monoisotopic (exact) mass is 127 g/mol. The Balaban J connectivity index is 2.47. The van der Waals surface area contributed by atoms with Crippen LogP contribution in [0.1, 0.15) is 20.3 Å². The van der Waals surface area contributed by atoms with Gasteiger partial charge in [-0.1, -0.05) is 6.92 Å². The average molecular weight is 127 g/mol. The second kappa shape index (κ2) is 2.82. The predicted molar refractivity (Wildman–Crippen MR) is 38.1 cm³/mol. The van der Waals surface area contributed by atoms with Gasteiger partial charge in [-0.25, -0.2) is 5.43 Å². The number of hydrogen-bond acceptors (Lipinski definition) is 3. The molecular formula is C6H13N3. The van der Waals surface area contributed by atoms with E-state index in [4.69, 9.17) is 0 Å². The van der Waals surface area contributed by atoms with Crippen LogP contribution in [0.3, 0.4) is 0 Å². The molecule has 9 heavy (non-hydrogen) atoms. The lowest BCUT2D eigenvalue weighted by atomic mass is 10.4. The Hall–Kier alpha value is -0.570. The summed E-state index contributed by atoms with van der Waals surface area (Å²) in [5, 5.41) is 2.08. The summed E-state index contributed by atoms with van der Waals surface area (Å²) in [6.45, 7) is 6.00. The summed E-state index contributed by atoms with van der Waals surface area (Å²) in [5.41, 5.74) is 3.14. The number of hydrazine groups is 1. The highest BCUT2D eigenvalue weighted by Crippen LogP contribution is 1.97. The third kappa shape index (κ3) is 1.21. The number of rotatable bonds is 2. The molecule has 3 heteroatoms. The normalized spacial score (nSPS) is 18.4. The summed E-state index contributed by atoms with van der Waals surface area (Å²) in [5.74, 6) is 1.18. The van der Waals surface area contributed by atoms with Gasteiger partial charge in [-0.15, -0.1) is 0 Å². The SMILES string of the molecule is CCC1=NCNN1CC. The molecule has 0 aromatic rings. The van der Waals surface area contributed by atoms with Gasteiger partial charge in [-0.05, 0) is 6.92 Å². The summed E-state index contributed by atoms with van der Waals surface area (Å²) >= 11 is 0. The van der Waals surface area contributed by atoms with Crippen molar-refractivity contribution >= 4 is 5.84 Å². The molecule has 0 amide bonds. The molecule has 0 radical (unpaired) electrons. The molecule has 0 aromatic carbocycles. The fourth-order valence-corrected chi connectivity index (χ4v) is 0.986. The van der Waals surface area contributed by atoms with Crippen LogP contribution in [0.25, 0.3) is 0 Å². The Morgan fingerprint density at radius 1 is 1.67 bits per heavy atom. The van der Waals surface area contributed by atoms with Crippen molar-refractivity contribution < 1.29 is 0 Å². The molecule has 1 aliphatic heterocycles. The minimum atomic E-state index is 0.761.